The molecule has 0 unspecified atom stereocenters. The van der Waals surface area contributed by atoms with Crippen molar-refractivity contribution < 1.29 is 19.1 Å². The standard InChI is InChI=1S/C5H10N2O4/c1-7(5(9)11-3)6-4(8)10-2/h1-3H3,(H,6,8). The maximum atomic E-state index is 10.6. The van der Waals surface area contributed by atoms with Crippen molar-refractivity contribution in [2.45, 2.75) is 0 Å². The van der Waals surface area contributed by atoms with Gasteiger partial charge in [-0.15, -0.1) is 0 Å². The molecular formula is C5H10N2O4. The number of hydrogen-bond donors (Lipinski definition) is 1. The van der Waals surface area contributed by atoms with Crippen LogP contribution in [0.15, 0.2) is 0 Å². The number of carbonyl (C=O) groups excluding carboxylic acids is 2. The van der Waals surface area contributed by atoms with Crippen LogP contribution in [0.2, 0.25) is 0 Å². The van der Waals surface area contributed by atoms with Crippen molar-refractivity contribution in [1.82, 2.24) is 10.4 Å². The normalized spacial score (nSPS) is 8.27. The molecule has 64 valence electrons. The molecule has 0 saturated carbocycles. The third kappa shape index (κ3) is 3.29. The van der Waals surface area contributed by atoms with Crippen molar-refractivity contribution in [3.63, 3.8) is 0 Å². The van der Waals surface area contributed by atoms with Crippen molar-refractivity contribution in [2.75, 3.05) is 21.3 Å². The maximum Gasteiger partial charge on any atom is 0.428 e. The molecule has 0 bridgehead atoms. The lowest BCUT2D eigenvalue weighted by molar-refractivity contribution is 0.101. The van der Waals surface area contributed by atoms with Crippen LogP contribution in [0.5, 0.6) is 0 Å². The fourth-order valence-electron chi connectivity index (χ4n) is 0.365. The van der Waals surface area contributed by atoms with Crippen LogP contribution in [0, 0.1) is 0 Å². The molecule has 11 heavy (non-hydrogen) atoms. The Labute approximate surface area is 64.0 Å². The molecule has 0 fully saturated rings. The number of hydrogen-bond acceptors (Lipinski definition) is 4. The first-order chi connectivity index (χ1) is 5.11. The Kier molecular flexibility index (Phi) is 3.79. The van der Waals surface area contributed by atoms with E-state index in [1.165, 1.54) is 21.3 Å². The average molecular weight is 162 g/mol. The Bertz CT molecular complexity index is 159. The van der Waals surface area contributed by atoms with Gasteiger partial charge < -0.3 is 9.47 Å². The minimum Gasteiger partial charge on any atom is -0.452 e. The van der Waals surface area contributed by atoms with E-state index in [0.29, 0.717) is 0 Å². The third-order valence-corrected chi connectivity index (χ3v) is 0.893. The topological polar surface area (TPSA) is 67.9 Å². The quantitative estimate of drug-likeness (QED) is 0.507. The summed E-state index contributed by atoms with van der Waals surface area (Å²) in [6.45, 7) is 0. The van der Waals surface area contributed by atoms with Gasteiger partial charge in [-0.25, -0.2) is 20.0 Å². The molecule has 1 N–H and O–H groups in total. The van der Waals surface area contributed by atoms with Gasteiger partial charge in [-0.3, -0.25) is 0 Å². The lowest BCUT2D eigenvalue weighted by Gasteiger charge is -2.14. The fourth-order valence-corrected chi connectivity index (χ4v) is 0.365. The predicted molar refractivity (Wildman–Crippen MR) is 35.7 cm³/mol. The SMILES string of the molecule is COC(=O)NN(C)C(=O)OC. The van der Waals surface area contributed by atoms with E-state index in [0.717, 1.165) is 5.01 Å². The summed E-state index contributed by atoms with van der Waals surface area (Å²) >= 11 is 0. The molecule has 2 amide bonds. The monoisotopic (exact) mass is 162 g/mol. The molecular weight excluding hydrogens is 152 g/mol. The third-order valence-electron chi connectivity index (χ3n) is 0.893. The highest BCUT2D eigenvalue weighted by Crippen LogP contribution is 1.83. The van der Waals surface area contributed by atoms with Crippen LogP contribution < -0.4 is 5.43 Å². The largest absolute Gasteiger partial charge is 0.452 e. The van der Waals surface area contributed by atoms with Gasteiger partial charge in [-0.1, -0.05) is 0 Å². The smallest absolute Gasteiger partial charge is 0.428 e. The van der Waals surface area contributed by atoms with Gasteiger partial charge in [-0.05, 0) is 0 Å². The van der Waals surface area contributed by atoms with E-state index < -0.39 is 12.2 Å². The molecule has 0 rings (SSSR count). The Morgan fingerprint density at radius 1 is 1.27 bits per heavy atom. The molecule has 0 radical (unpaired) electrons. The van der Waals surface area contributed by atoms with Crippen molar-refractivity contribution in [3.05, 3.63) is 0 Å². The summed E-state index contributed by atoms with van der Waals surface area (Å²) in [6, 6.07) is 0. The summed E-state index contributed by atoms with van der Waals surface area (Å²) in [5.74, 6) is 0. The number of ether oxygens (including phenoxy) is 2. The molecule has 0 saturated heterocycles. The van der Waals surface area contributed by atoms with Gasteiger partial charge in [0.15, 0.2) is 0 Å². The number of nitrogens with zero attached hydrogens (tertiary/aromatic N) is 1. The van der Waals surface area contributed by atoms with Gasteiger partial charge in [0.1, 0.15) is 0 Å². The number of carbonyl (C=O) groups is 2. The van der Waals surface area contributed by atoms with E-state index in [4.69, 9.17) is 0 Å². The summed E-state index contributed by atoms with van der Waals surface area (Å²) in [7, 11) is 3.74. The molecule has 0 aliphatic rings. The molecule has 6 nitrogen and oxygen atoms in total. The number of hydrazine groups is 1. The zero-order valence-corrected chi connectivity index (χ0v) is 6.58. The molecule has 0 heterocycles. The van der Waals surface area contributed by atoms with Crippen LogP contribution in [-0.4, -0.2) is 38.5 Å². The molecule has 0 aromatic carbocycles. The van der Waals surface area contributed by atoms with E-state index in [-0.39, 0.29) is 0 Å². The molecule has 6 heteroatoms. The predicted octanol–water partition coefficient (Wildman–Crippen LogP) is -0.0444. The highest BCUT2D eigenvalue weighted by atomic mass is 16.6. The molecule has 0 aromatic heterocycles. The highest BCUT2D eigenvalue weighted by molar-refractivity contribution is 5.73. The first kappa shape index (κ1) is 9.54. The Balaban J connectivity index is 3.77. The second-order valence-corrected chi connectivity index (χ2v) is 1.63. The Hall–Kier alpha value is -1.46. The second-order valence-electron chi connectivity index (χ2n) is 1.63. The number of rotatable bonds is 0. The zero-order chi connectivity index (χ0) is 8.85. The lowest BCUT2D eigenvalue weighted by Crippen LogP contribution is -2.43. The lowest BCUT2D eigenvalue weighted by atomic mass is 11.0. The van der Waals surface area contributed by atoms with Crippen LogP contribution in [0.25, 0.3) is 0 Å². The Morgan fingerprint density at radius 2 is 1.82 bits per heavy atom. The fraction of sp³-hybridized carbons (Fsp3) is 0.600. The van der Waals surface area contributed by atoms with Crippen LogP contribution in [-0.2, 0) is 9.47 Å². The van der Waals surface area contributed by atoms with E-state index >= 15 is 0 Å². The van der Waals surface area contributed by atoms with Crippen molar-refractivity contribution in [2.24, 2.45) is 0 Å². The van der Waals surface area contributed by atoms with Crippen LogP contribution in [0.1, 0.15) is 0 Å². The van der Waals surface area contributed by atoms with Crippen LogP contribution in [0.3, 0.4) is 0 Å². The second kappa shape index (κ2) is 4.37. The Morgan fingerprint density at radius 3 is 2.18 bits per heavy atom. The molecule has 0 spiro atoms. The average Bonchev–Trinajstić information content (AvgIpc) is 2.02. The van der Waals surface area contributed by atoms with Gasteiger partial charge in [0, 0.05) is 7.05 Å². The van der Waals surface area contributed by atoms with Crippen molar-refractivity contribution in [3.8, 4) is 0 Å². The summed E-state index contributed by atoms with van der Waals surface area (Å²) < 4.78 is 8.49. The first-order valence-corrected chi connectivity index (χ1v) is 2.78. The molecule has 0 atom stereocenters. The van der Waals surface area contributed by atoms with Gasteiger partial charge in [0.2, 0.25) is 0 Å². The summed E-state index contributed by atoms with van der Waals surface area (Å²) in [6.07, 6.45) is -1.40. The van der Waals surface area contributed by atoms with E-state index in [9.17, 15) is 9.59 Å². The maximum absolute atomic E-state index is 10.6. The highest BCUT2D eigenvalue weighted by Gasteiger charge is 2.10. The zero-order valence-electron chi connectivity index (χ0n) is 6.58. The number of nitrogens with one attached hydrogen (secondary N) is 1. The first-order valence-electron chi connectivity index (χ1n) is 2.78. The molecule has 0 aliphatic carbocycles. The van der Waals surface area contributed by atoms with E-state index in [1.807, 2.05) is 0 Å². The van der Waals surface area contributed by atoms with Gasteiger partial charge in [0.25, 0.3) is 0 Å². The van der Waals surface area contributed by atoms with Crippen LogP contribution in [0.4, 0.5) is 9.59 Å². The van der Waals surface area contributed by atoms with Gasteiger partial charge >= 0.3 is 12.2 Å². The van der Waals surface area contributed by atoms with E-state index in [2.05, 4.69) is 14.9 Å². The summed E-state index contributed by atoms with van der Waals surface area (Å²) in [5.41, 5.74) is 2.08. The molecule has 0 aromatic rings. The minimum atomic E-state index is -0.724. The summed E-state index contributed by atoms with van der Waals surface area (Å²) in [5, 5.41) is 0.867. The number of methoxy groups -OCH3 is 2. The molecule has 0 aliphatic heterocycles. The van der Waals surface area contributed by atoms with Gasteiger partial charge in [0.05, 0.1) is 14.2 Å². The number of amides is 2. The van der Waals surface area contributed by atoms with Crippen LogP contribution >= 0.6 is 0 Å². The summed E-state index contributed by atoms with van der Waals surface area (Å²) in [4.78, 5) is 21.1. The van der Waals surface area contributed by atoms with Crippen molar-refractivity contribution >= 4 is 12.2 Å². The van der Waals surface area contributed by atoms with E-state index in [1.54, 1.807) is 0 Å². The van der Waals surface area contributed by atoms with Gasteiger partial charge in [-0.2, -0.15) is 0 Å². The minimum absolute atomic E-state index is 0.671. The van der Waals surface area contributed by atoms with Crippen molar-refractivity contribution in [1.29, 1.82) is 0 Å².